The van der Waals surface area contributed by atoms with Crippen LogP contribution in [-0.2, 0) is 0 Å². The van der Waals surface area contributed by atoms with Crippen LogP contribution in [0.15, 0.2) is 95.7 Å². The van der Waals surface area contributed by atoms with Crippen molar-refractivity contribution in [1.82, 2.24) is 0 Å². The Morgan fingerprint density at radius 2 is 1.93 bits per heavy atom. The van der Waals surface area contributed by atoms with Crippen LogP contribution in [0.3, 0.4) is 0 Å². The second kappa shape index (κ2) is 13.1. The van der Waals surface area contributed by atoms with Gasteiger partial charge >= 0.3 is 0 Å². The first kappa shape index (κ1) is 30.5. The van der Waals surface area contributed by atoms with Gasteiger partial charge in [0.2, 0.25) is 0 Å². The Kier molecular flexibility index (Phi) is 9.74. The predicted molar refractivity (Wildman–Crippen MR) is 186 cm³/mol. The molecule has 2 fully saturated rings. The highest BCUT2D eigenvalue weighted by Gasteiger charge is 2.50. The van der Waals surface area contributed by atoms with Crippen LogP contribution >= 0.6 is 10.0 Å². The van der Waals surface area contributed by atoms with Crippen molar-refractivity contribution >= 4 is 15.6 Å². The first-order valence-electron chi connectivity index (χ1n) is 16.7. The maximum absolute atomic E-state index is 4.86. The van der Waals surface area contributed by atoms with E-state index in [4.69, 9.17) is 6.58 Å². The van der Waals surface area contributed by atoms with Gasteiger partial charge in [0.25, 0.3) is 0 Å². The molecule has 1 saturated carbocycles. The molecule has 41 heavy (non-hydrogen) atoms. The predicted octanol–water partition coefficient (Wildman–Crippen LogP) is 11.5. The van der Waals surface area contributed by atoms with E-state index in [1.54, 1.807) is 11.1 Å². The van der Waals surface area contributed by atoms with Crippen LogP contribution in [0.5, 0.6) is 0 Å². The highest BCUT2D eigenvalue weighted by Crippen LogP contribution is 2.73. The lowest BCUT2D eigenvalue weighted by Gasteiger charge is -2.31. The molecule has 4 aliphatic rings. The summed E-state index contributed by atoms with van der Waals surface area (Å²) >= 11 is 0. The van der Waals surface area contributed by atoms with Gasteiger partial charge in [0.05, 0.1) is 0 Å². The van der Waals surface area contributed by atoms with Crippen molar-refractivity contribution in [2.45, 2.75) is 91.2 Å². The minimum absolute atomic E-state index is 0.491. The van der Waals surface area contributed by atoms with Crippen LogP contribution in [0.25, 0.3) is 5.57 Å². The van der Waals surface area contributed by atoms with E-state index in [1.165, 1.54) is 83.6 Å². The standard InChI is InChI=1S/C40H56S/c1-8-14-33-21-22-41(27-37(41)25-40(33)34-15-12-11-13-16-34)26-30(6)31(7)39-24-36(38-23-29(38)5)20-19-35(39)18-17-28(4)32(9-2)10-3/h9,11-13,15-17,19,24,29-30,32,36-38H,2,7-8,10,14,18,20-23,25-27H2,1,3-6H3. The van der Waals surface area contributed by atoms with Gasteiger partial charge in [0.15, 0.2) is 0 Å². The van der Waals surface area contributed by atoms with Crippen molar-refractivity contribution in [3.63, 3.8) is 0 Å². The third-order valence-electron chi connectivity index (χ3n) is 11.0. The molecule has 0 amide bonds. The summed E-state index contributed by atoms with van der Waals surface area (Å²) in [5.74, 6) is 7.87. The van der Waals surface area contributed by atoms with E-state index in [1.807, 2.05) is 0 Å². The number of allylic oxidation sites excluding steroid dienone is 10. The van der Waals surface area contributed by atoms with Crippen LogP contribution in [0.2, 0.25) is 0 Å². The SMILES string of the molecule is C=CC(CC)C(C)=CCC1=CCC(C2CC2C)C=C1C(=C)C(C)CS12CCC(CCC)=C(c3ccccc3)CC1C2. The van der Waals surface area contributed by atoms with Gasteiger partial charge in [-0.05, 0) is 127 Å². The Hall–Kier alpha value is -1.99. The Balaban J connectivity index is 1.31. The van der Waals surface area contributed by atoms with E-state index >= 15 is 0 Å². The minimum Gasteiger partial charge on any atom is -0.235 e. The molecule has 7 unspecified atom stereocenters. The maximum Gasteiger partial charge on any atom is 0.000607 e. The zero-order valence-corrected chi connectivity index (χ0v) is 27.6. The fraction of sp³-hybridized carbons (Fsp3) is 0.550. The topological polar surface area (TPSA) is 0 Å². The third-order valence-corrected chi connectivity index (χ3v) is 15.6. The molecule has 2 aliphatic carbocycles. The summed E-state index contributed by atoms with van der Waals surface area (Å²) in [6, 6.07) is 11.3. The van der Waals surface area contributed by atoms with Gasteiger partial charge in [-0.25, -0.2) is 10.0 Å². The molecule has 0 aromatic heterocycles. The second-order valence-electron chi connectivity index (χ2n) is 13.8. The monoisotopic (exact) mass is 568 g/mol. The van der Waals surface area contributed by atoms with E-state index in [9.17, 15) is 0 Å². The quantitative estimate of drug-likeness (QED) is 0.164. The highest BCUT2D eigenvalue weighted by atomic mass is 32.3. The molecular formula is C40H56S. The molecule has 0 spiro atoms. The molecule has 0 radical (unpaired) electrons. The van der Waals surface area contributed by atoms with Crippen molar-refractivity contribution in [3.8, 4) is 0 Å². The van der Waals surface area contributed by atoms with E-state index in [-0.39, 0.29) is 0 Å². The molecular weight excluding hydrogens is 513 g/mol. The zero-order valence-electron chi connectivity index (χ0n) is 26.8. The zero-order chi connectivity index (χ0) is 29.1. The Bertz CT molecular complexity index is 1240. The van der Waals surface area contributed by atoms with Crippen LogP contribution in [0.1, 0.15) is 91.5 Å². The van der Waals surface area contributed by atoms with Gasteiger partial charge in [0.1, 0.15) is 0 Å². The molecule has 222 valence electrons. The molecule has 2 aliphatic heterocycles. The molecule has 1 aromatic carbocycles. The number of rotatable bonds is 13. The van der Waals surface area contributed by atoms with Crippen LogP contribution < -0.4 is 0 Å². The summed E-state index contributed by atoms with van der Waals surface area (Å²) < 4.78 is 0. The van der Waals surface area contributed by atoms with Gasteiger partial charge in [-0.3, -0.25) is 0 Å². The van der Waals surface area contributed by atoms with Crippen molar-refractivity contribution in [3.05, 3.63) is 101 Å². The third kappa shape index (κ3) is 6.82. The van der Waals surface area contributed by atoms with E-state index in [0.717, 1.165) is 29.9 Å². The van der Waals surface area contributed by atoms with Gasteiger partial charge in [-0.1, -0.05) is 106 Å². The van der Waals surface area contributed by atoms with Gasteiger partial charge in [-0.2, -0.15) is 0 Å². The summed E-state index contributed by atoms with van der Waals surface area (Å²) in [6.45, 7) is 20.8. The number of hydrogen-bond donors (Lipinski definition) is 0. The normalized spacial score (nSPS) is 32.5. The Labute approximate surface area is 254 Å². The first-order chi connectivity index (χ1) is 19.8. The number of hydrogen-bond acceptors (Lipinski definition) is 0. The minimum atomic E-state index is -0.545. The van der Waals surface area contributed by atoms with Gasteiger partial charge < -0.3 is 0 Å². The van der Waals surface area contributed by atoms with Gasteiger partial charge in [0, 0.05) is 5.25 Å². The highest BCUT2D eigenvalue weighted by molar-refractivity contribution is 8.40. The molecule has 0 N–H and O–H groups in total. The van der Waals surface area contributed by atoms with Crippen molar-refractivity contribution < 1.29 is 0 Å². The molecule has 1 heteroatoms. The Morgan fingerprint density at radius 3 is 2.59 bits per heavy atom. The molecule has 2 heterocycles. The first-order valence-corrected chi connectivity index (χ1v) is 18.9. The molecule has 5 rings (SSSR count). The molecule has 1 aromatic rings. The van der Waals surface area contributed by atoms with Crippen LogP contribution in [0, 0.1) is 29.6 Å². The van der Waals surface area contributed by atoms with Crippen LogP contribution in [0.4, 0.5) is 0 Å². The molecule has 1 saturated heterocycles. The van der Waals surface area contributed by atoms with Crippen LogP contribution in [-0.4, -0.2) is 22.5 Å². The number of fused-ring (bicyclic) bond motifs is 1. The molecule has 0 nitrogen and oxygen atoms in total. The lowest BCUT2D eigenvalue weighted by atomic mass is 9.80. The van der Waals surface area contributed by atoms with Gasteiger partial charge in [-0.15, -0.1) is 6.58 Å². The second-order valence-corrected chi connectivity index (χ2v) is 17.8. The maximum atomic E-state index is 4.86. The summed E-state index contributed by atoms with van der Waals surface area (Å²) in [4.78, 5) is 0. The molecule has 0 bridgehead atoms. The van der Waals surface area contributed by atoms with E-state index in [0.29, 0.717) is 17.8 Å². The summed E-state index contributed by atoms with van der Waals surface area (Å²) in [5, 5.41) is 0.924. The average molecular weight is 569 g/mol. The number of benzene rings is 1. The average Bonchev–Trinajstić information content (AvgIpc) is 3.89. The lowest BCUT2D eigenvalue weighted by molar-refractivity contribution is 0.533. The van der Waals surface area contributed by atoms with Crippen molar-refractivity contribution in [2.24, 2.45) is 29.6 Å². The van der Waals surface area contributed by atoms with Crippen molar-refractivity contribution in [2.75, 3.05) is 17.3 Å². The fourth-order valence-corrected chi connectivity index (χ4v) is 12.8. The molecule has 7 atom stereocenters. The van der Waals surface area contributed by atoms with E-state index < -0.39 is 10.0 Å². The Morgan fingerprint density at radius 1 is 1.17 bits per heavy atom. The summed E-state index contributed by atoms with van der Waals surface area (Å²) in [6.07, 6.45) is 19.8. The fourth-order valence-electron chi connectivity index (χ4n) is 7.98. The largest absolute Gasteiger partial charge is 0.235 e. The summed E-state index contributed by atoms with van der Waals surface area (Å²) in [5.41, 5.74) is 10.9. The van der Waals surface area contributed by atoms with Crippen molar-refractivity contribution in [1.29, 1.82) is 0 Å². The summed E-state index contributed by atoms with van der Waals surface area (Å²) in [7, 11) is -0.545. The smallest absolute Gasteiger partial charge is 0.000607 e. The lowest BCUT2D eigenvalue weighted by Crippen LogP contribution is -2.15. The van der Waals surface area contributed by atoms with E-state index in [2.05, 4.69) is 95.8 Å².